The van der Waals surface area contributed by atoms with Crippen molar-refractivity contribution in [3.63, 3.8) is 0 Å². The van der Waals surface area contributed by atoms with Crippen LogP contribution in [-0.2, 0) is 16.2 Å². The van der Waals surface area contributed by atoms with Gasteiger partial charge in [-0.2, -0.15) is 5.10 Å². The van der Waals surface area contributed by atoms with Gasteiger partial charge >= 0.3 is 0 Å². The van der Waals surface area contributed by atoms with Crippen LogP contribution in [0.1, 0.15) is 0 Å². The van der Waals surface area contributed by atoms with Crippen molar-refractivity contribution in [2.75, 3.05) is 37.8 Å². The Bertz CT molecular complexity index is 963. The van der Waals surface area contributed by atoms with E-state index in [1.807, 2.05) is 35.3 Å². The maximum atomic E-state index is 5.94. The molecule has 0 saturated carbocycles. The Hall–Kier alpha value is -2.29. The van der Waals surface area contributed by atoms with Crippen LogP contribution < -0.4 is 4.90 Å². The van der Waals surface area contributed by atoms with Crippen LogP contribution in [-0.4, -0.2) is 60.7 Å². The van der Waals surface area contributed by atoms with Crippen molar-refractivity contribution >= 4 is 24.9 Å². The number of pyridine rings is 2. The maximum Gasteiger partial charge on any atom is 0.140 e. The SMILES string of the molecule is C[Si](C)(C)CCOCn1nc(-c2ccnc(N3CCOCC3)c2)c2ncccc21. The normalized spacial score (nSPS) is 15.2. The van der Waals surface area contributed by atoms with Crippen molar-refractivity contribution in [2.45, 2.75) is 32.4 Å². The van der Waals surface area contributed by atoms with Crippen molar-refractivity contribution in [2.24, 2.45) is 0 Å². The number of anilines is 1. The molecule has 0 unspecified atom stereocenters. The smallest absolute Gasteiger partial charge is 0.140 e. The minimum atomic E-state index is -1.11. The van der Waals surface area contributed by atoms with Crippen LogP contribution in [0.3, 0.4) is 0 Å². The predicted molar refractivity (Wildman–Crippen MR) is 118 cm³/mol. The summed E-state index contributed by atoms with van der Waals surface area (Å²) in [6.07, 6.45) is 3.66. The highest BCUT2D eigenvalue weighted by molar-refractivity contribution is 6.76. The first-order valence-corrected chi connectivity index (χ1v) is 13.9. The third-order valence-corrected chi connectivity index (χ3v) is 6.78. The lowest BCUT2D eigenvalue weighted by atomic mass is 10.1. The van der Waals surface area contributed by atoms with Gasteiger partial charge in [0.05, 0.1) is 18.7 Å². The van der Waals surface area contributed by atoms with Gasteiger partial charge in [-0.05, 0) is 30.3 Å². The monoisotopic (exact) mass is 411 g/mol. The second-order valence-electron chi connectivity index (χ2n) is 8.57. The molecule has 1 aliphatic rings. The molecule has 29 heavy (non-hydrogen) atoms. The first-order valence-electron chi connectivity index (χ1n) is 10.2. The zero-order chi connectivity index (χ0) is 20.3. The van der Waals surface area contributed by atoms with Gasteiger partial charge in [0, 0.05) is 45.7 Å². The average molecular weight is 412 g/mol. The average Bonchev–Trinajstić information content (AvgIpc) is 3.10. The lowest BCUT2D eigenvalue weighted by Crippen LogP contribution is -2.36. The fraction of sp³-hybridized carbons (Fsp3) is 0.476. The molecule has 1 fully saturated rings. The molecule has 4 heterocycles. The summed E-state index contributed by atoms with van der Waals surface area (Å²) in [6.45, 7) is 11.5. The molecule has 0 radical (unpaired) electrons. The Morgan fingerprint density at radius 1 is 1.10 bits per heavy atom. The van der Waals surface area contributed by atoms with E-state index in [4.69, 9.17) is 14.6 Å². The van der Waals surface area contributed by atoms with E-state index in [9.17, 15) is 0 Å². The van der Waals surface area contributed by atoms with E-state index >= 15 is 0 Å². The van der Waals surface area contributed by atoms with Gasteiger partial charge in [-0.15, -0.1) is 0 Å². The molecule has 0 bridgehead atoms. The van der Waals surface area contributed by atoms with Gasteiger partial charge in [0.25, 0.3) is 0 Å². The van der Waals surface area contributed by atoms with Crippen LogP contribution in [0.15, 0.2) is 36.7 Å². The van der Waals surface area contributed by atoms with Gasteiger partial charge < -0.3 is 14.4 Å². The molecule has 8 heteroatoms. The summed E-state index contributed by atoms with van der Waals surface area (Å²) in [6, 6.07) is 9.22. The van der Waals surface area contributed by atoms with Crippen LogP contribution in [0.5, 0.6) is 0 Å². The van der Waals surface area contributed by atoms with E-state index in [0.717, 1.165) is 67.1 Å². The van der Waals surface area contributed by atoms with E-state index in [-0.39, 0.29) is 0 Å². The highest BCUT2D eigenvalue weighted by atomic mass is 28.3. The number of morpholine rings is 1. The standard InChI is InChI=1S/C21H29N5O2Si/c1-29(2,3)14-13-28-16-26-18-5-4-7-23-21(18)20(24-26)17-6-8-22-19(15-17)25-9-11-27-12-10-25/h4-8,15H,9-14,16H2,1-3H3. The number of ether oxygens (including phenoxy) is 2. The molecule has 1 saturated heterocycles. The second-order valence-corrected chi connectivity index (χ2v) is 14.2. The second kappa shape index (κ2) is 8.60. The number of hydrogen-bond donors (Lipinski definition) is 0. The summed E-state index contributed by atoms with van der Waals surface area (Å²) in [4.78, 5) is 11.4. The van der Waals surface area contributed by atoms with Gasteiger partial charge in [-0.1, -0.05) is 19.6 Å². The van der Waals surface area contributed by atoms with Crippen molar-refractivity contribution in [3.05, 3.63) is 36.7 Å². The lowest BCUT2D eigenvalue weighted by Gasteiger charge is -2.27. The Labute approximate surface area is 172 Å². The van der Waals surface area contributed by atoms with E-state index in [1.54, 1.807) is 0 Å². The minimum Gasteiger partial charge on any atom is -0.378 e. The van der Waals surface area contributed by atoms with E-state index in [2.05, 4.69) is 40.6 Å². The zero-order valence-electron chi connectivity index (χ0n) is 17.5. The fourth-order valence-electron chi connectivity index (χ4n) is 3.36. The third-order valence-electron chi connectivity index (χ3n) is 5.07. The Balaban J connectivity index is 1.59. The lowest BCUT2D eigenvalue weighted by molar-refractivity contribution is 0.0818. The van der Waals surface area contributed by atoms with Gasteiger partial charge in [-0.3, -0.25) is 4.98 Å². The number of nitrogens with zero attached hydrogens (tertiary/aromatic N) is 5. The molecule has 0 atom stereocenters. The molecule has 0 spiro atoms. The highest BCUT2D eigenvalue weighted by Crippen LogP contribution is 2.28. The van der Waals surface area contributed by atoms with Gasteiger partial charge in [0.15, 0.2) is 0 Å². The molecule has 3 aromatic heterocycles. The third kappa shape index (κ3) is 4.83. The molecule has 0 N–H and O–H groups in total. The van der Waals surface area contributed by atoms with E-state index in [1.165, 1.54) is 0 Å². The van der Waals surface area contributed by atoms with Gasteiger partial charge in [-0.25, -0.2) is 9.67 Å². The van der Waals surface area contributed by atoms with Crippen LogP contribution in [0.25, 0.3) is 22.3 Å². The van der Waals surface area contributed by atoms with E-state index in [0.29, 0.717) is 6.73 Å². The van der Waals surface area contributed by atoms with Crippen LogP contribution in [0.2, 0.25) is 25.7 Å². The minimum absolute atomic E-state index is 0.439. The van der Waals surface area contributed by atoms with Crippen molar-refractivity contribution in [3.8, 4) is 11.3 Å². The molecular formula is C21H29N5O2Si. The number of fused-ring (bicyclic) bond motifs is 1. The summed E-state index contributed by atoms with van der Waals surface area (Å²) in [7, 11) is -1.11. The summed E-state index contributed by atoms with van der Waals surface area (Å²) in [5, 5.41) is 4.85. The summed E-state index contributed by atoms with van der Waals surface area (Å²) >= 11 is 0. The molecular weight excluding hydrogens is 382 g/mol. The van der Waals surface area contributed by atoms with Gasteiger partial charge in [0.1, 0.15) is 23.8 Å². The highest BCUT2D eigenvalue weighted by Gasteiger charge is 2.17. The number of aromatic nitrogens is 4. The molecule has 1 aliphatic heterocycles. The molecule has 0 aliphatic carbocycles. The molecule has 0 amide bonds. The van der Waals surface area contributed by atoms with E-state index < -0.39 is 8.07 Å². The molecule has 7 nitrogen and oxygen atoms in total. The topological polar surface area (TPSA) is 65.3 Å². The molecule has 0 aromatic carbocycles. The number of hydrogen-bond acceptors (Lipinski definition) is 6. The summed E-state index contributed by atoms with van der Waals surface area (Å²) in [5.41, 5.74) is 3.76. The Morgan fingerprint density at radius 3 is 2.72 bits per heavy atom. The first kappa shape index (κ1) is 20.0. The van der Waals surface area contributed by atoms with Gasteiger partial charge in [0.2, 0.25) is 0 Å². The summed E-state index contributed by atoms with van der Waals surface area (Å²) < 4.78 is 13.3. The quantitative estimate of drug-likeness (QED) is 0.437. The predicted octanol–water partition coefficient (Wildman–Crippen LogP) is 3.64. The van der Waals surface area contributed by atoms with Crippen molar-refractivity contribution < 1.29 is 9.47 Å². The Morgan fingerprint density at radius 2 is 1.93 bits per heavy atom. The molecule has 154 valence electrons. The molecule has 3 aromatic rings. The zero-order valence-corrected chi connectivity index (χ0v) is 18.5. The molecule has 4 rings (SSSR count). The van der Waals surface area contributed by atoms with Crippen LogP contribution in [0, 0.1) is 0 Å². The maximum absolute atomic E-state index is 5.94. The van der Waals surface area contributed by atoms with Crippen molar-refractivity contribution in [1.29, 1.82) is 0 Å². The van der Waals surface area contributed by atoms with Crippen LogP contribution >= 0.6 is 0 Å². The first-order chi connectivity index (χ1) is 14.0. The fourth-order valence-corrected chi connectivity index (χ4v) is 4.12. The Kier molecular flexibility index (Phi) is 5.93. The van der Waals surface area contributed by atoms with Crippen molar-refractivity contribution in [1.82, 2.24) is 19.7 Å². The number of rotatable bonds is 7. The largest absolute Gasteiger partial charge is 0.378 e. The van der Waals surface area contributed by atoms with Crippen LogP contribution in [0.4, 0.5) is 5.82 Å². The summed E-state index contributed by atoms with van der Waals surface area (Å²) in [5.74, 6) is 0.954.